The number of hydrogen-bond acceptors (Lipinski definition) is 4. The first kappa shape index (κ1) is 49.4. The molecule has 0 rings (SSSR count). The van der Waals surface area contributed by atoms with Crippen molar-refractivity contribution < 1.29 is 20.1 Å². The summed E-state index contributed by atoms with van der Waals surface area (Å²) in [6.07, 6.45) is 46.7. The minimum Gasteiger partial charge on any atom is -0.394 e. The topological polar surface area (TPSA) is 89.8 Å². The van der Waals surface area contributed by atoms with Crippen LogP contribution in [0.25, 0.3) is 0 Å². The smallest absolute Gasteiger partial charge is 0.220 e. The van der Waals surface area contributed by atoms with Gasteiger partial charge in [-0.3, -0.25) is 4.79 Å². The predicted molar refractivity (Wildman–Crippen MR) is 218 cm³/mol. The van der Waals surface area contributed by atoms with Gasteiger partial charge in [-0.25, -0.2) is 0 Å². The normalized spacial score (nSPS) is 13.5. The zero-order valence-electron chi connectivity index (χ0n) is 34.1. The van der Waals surface area contributed by atoms with Gasteiger partial charge in [0.25, 0.3) is 0 Å². The lowest BCUT2D eigenvalue weighted by Gasteiger charge is -2.26. The largest absolute Gasteiger partial charge is 0.394 e. The molecule has 3 unspecified atom stereocenters. The Bertz CT molecular complexity index is 659. The van der Waals surface area contributed by atoms with Crippen LogP contribution in [0.3, 0.4) is 0 Å². The van der Waals surface area contributed by atoms with Crippen LogP contribution in [0, 0.1) is 0 Å². The SMILES string of the molecule is CCCCCCCCCCCCCCCCCCCCCCCCCCCCCC(=O)NC(CO)C(O)C(O)CCCCCCCCCCC. The summed E-state index contributed by atoms with van der Waals surface area (Å²) in [5, 5.41) is 33.4. The lowest BCUT2D eigenvalue weighted by Crippen LogP contribution is -2.50. The van der Waals surface area contributed by atoms with Crippen molar-refractivity contribution in [1.29, 1.82) is 0 Å². The molecule has 0 aromatic rings. The van der Waals surface area contributed by atoms with Gasteiger partial charge >= 0.3 is 0 Å². The van der Waals surface area contributed by atoms with E-state index in [4.69, 9.17) is 0 Å². The summed E-state index contributed by atoms with van der Waals surface area (Å²) in [7, 11) is 0. The van der Waals surface area contributed by atoms with Crippen molar-refractivity contribution in [2.24, 2.45) is 0 Å². The highest BCUT2D eigenvalue weighted by atomic mass is 16.3. The molecule has 0 aromatic heterocycles. The van der Waals surface area contributed by atoms with Crippen LogP contribution < -0.4 is 5.32 Å². The van der Waals surface area contributed by atoms with Gasteiger partial charge in [-0.05, 0) is 12.8 Å². The maximum Gasteiger partial charge on any atom is 0.220 e. The first-order chi connectivity index (χ1) is 24.6. The fraction of sp³-hybridized carbons (Fsp3) is 0.978. The highest BCUT2D eigenvalue weighted by molar-refractivity contribution is 5.76. The number of carbonyl (C=O) groups is 1. The van der Waals surface area contributed by atoms with E-state index in [0.29, 0.717) is 12.8 Å². The second kappa shape index (κ2) is 41.1. The summed E-state index contributed by atoms with van der Waals surface area (Å²) < 4.78 is 0. The lowest BCUT2D eigenvalue weighted by molar-refractivity contribution is -0.124. The van der Waals surface area contributed by atoms with Crippen molar-refractivity contribution in [1.82, 2.24) is 5.32 Å². The highest BCUT2D eigenvalue weighted by Gasteiger charge is 2.26. The molecule has 0 aliphatic carbocycles. The summed E-state index contributed by atoms with van der Waals surface area (Å²) in [5.74, 6) is -0.141. The van der Waals surface area contributed by atoms with Crippen molar-refractivity contribution >= 4 is 5.91 Å². The Morgan fingerprint density at radius 1 is 0.420 bits per heavy atom. The third-order valence-corrected chi connectivity index (χ3v) is 11.0. The Hall–Kier alpha value is -0.650. The fourth-order valence-electron chi connectivity index (χ4n) is 7.40. The van der Waals surface area contributed by atoms with E-state index in [1.807, 2.05) is 0 Å². The molecule has 300 valence electrons. The average Bonchev–Trinajstić information content (AvgIpc) is 3.12. The number of rotatable bonds is 42. The van der Waals surface area contributed by atoms with E-state index in [2.05, 4.69) is 19.2 Å². The van der Waals surface area contributed by atoms with Crippen LogP contribution in [0.2, 0.25) is 0 Å². The second-order valence-corrected chi connectivity index (χ2v) is 16.0. The number of amides is 1. The van der Waals surface area contributed by atoms with E-state index in [9.17, 15) is 20.1 Å². The standard InChI is InChI=1S/C45H91NO4/c1-3-5-7-9-11-13-14-15-16-17-18-19-20-21-22-23-24-25-26-27-28-29-30-32-34-36-38-40-44(49)46-42(41-47)45(50)43(48)39-37-35-33-31-12-10-8-6-4-2/h42-43,45,47-48,50H,3-41H2,1-2H3,(H,46,49). The zero-order chi connectivity index (χ0) is 36.6. The van der Waals surface area contributed by atoms with E-state index in [1.54, 1.807) is 0 Å². The summed E-state index contributed by atoms with van der Waals surface area (Å²) in [6, 6.07) is -0.801. The molecule has 1 amide bonds. The molecular weight excluding hydrogens is 618 g/mol. The maximum absolute atomic E-state index is 12.4. The molecular formula is C45H91NO4. The molecule has 0 aliphatic heterocycles. The minimum absolute atomic E-state index is 0.141. The molecule has 3 atom stereocenters. The molecule has 50 heavy (non-hydrogen) atoms. The molecule has 5 heteroatoms. The predicted octanol–water partition coefficient (Wildman–Crippen LogP) is 13.0. The number of unbranched alkanes of at least 4 members (excludes halogenated alkanes) is 34. The van der Waals surface area contributed by atoms with Crippen molar-refractivity contribution in [2.75, 3.05) is 6.61 Å². The van der Waals surface area contributed by atoms with Crippen LogP contribution in [-0.2, 0) is 4.79 Å². The Labute approximate surface area is 313 Å². The van der Waals surface area contributed by atoms with E-state index in [1.165, 1.54) is 193 Å². The minimum atomic E-state index is -1.13. The van der Waals surface area contributed by atoms with Gasteiger partial charge in [-0.15, -0.1) is 0 Å². The molecule has 0 radical (unpaired) electrons. The van der Waals surface area contributed by atoms with Crippen LogP contribution in [-0.4, -0.2) is 46.1 Å². The van der Waals surface area contributed by atoms with Gasteiger partial charge in [0.1, 0.15) is 6.10 Å². The van der Waals surface area contributed by atoms with Crippen LogP contribution in [0.5, 0.6) is 0 Å². The van der Waals surface area contributed by atoms with Crippen LogP contribution in [0.1, 0.15) is 258 Å². The Kier molecular flexibility index (Phi) is 40.6. The third-order valence-electron chi connectivity index (χ3n) is 11.0. The van der Waals surface area contributed by atoms with Gasteiger partial charge in [0.15, 0.2) is 0 Å². The van der Waals surface area contributed by atoms with E-state index < -0.39 is 18.2 Å². The molecule has 0 aromatic carbocycles. The van der Waals surface area contributed by atoms with Gasteiger partial charge in [-0.1, -0.05) is 239 Å². The lowest BCUT2D eigenvalue weighted by atomic mass is 9.99. The first-order valence-corrected chi connectivity index (χ1v) is 22.8. The van der Waals surface area contributed by atoms with E-state index in [0.717, 1.165) is 38.5 Å². The number of aliphatic hydroxyl groups excluding tert-OH is 3. The monoisotopic (exact) mass is 710 g/mol. The Morgan fingerprint density at radius 2 is 0.680 bits per heavy atom. The fourth-order valence-corrected chi connectivity index (χ4v) is 7.40. The number of nitrogens with one attached hydrogen (secondary N) is 1. The molecule has 0 bridgehead atoms. The maximum atomic E-state index is 12.4. The van der Waals surface area contributed by atoms with Crippen LogP contribution >= 0.6 is 0 Å². The van der Waals surface area contributed by atoms with Crippen molar-refractivity contribution in [3.63, 3.8) is 0 Å². The quantitative estimate of drug-likeness (QED) is 0.0475. The summed E-state index contributed by atoms with van der Waals surface area (Å²) in [5.41, 5.74) is 0. The van der Waals surface area contributed by atoms with Crippen molar-refractivity contribution in [3.05, 3.63) is 0 Å². The van der Waals surface area contributed by atoms with Crippen molar-refractivity contribution in [3.8, 4) is 0 Å². The number of carbonyl (C=O) groups excluding carboxylic acids is 1. The number of aliphatic hydroxyl groups is 3. The summed E-state index contributed by atoms with van der Waals surface area (Å²) in [4.78, 5) is 12.4. The second-order valence-electron chi connectivity index (χ2n) is 16.0. The molecule has 0 spiro atoms. The summed E-state index contributed by atoms with van der Waals surface area (Å²) in [6.45, 7) is 4.17. The van der Waals surface area contributed by atoms with Gasteiger partial charge in [0.2, 0.25) is 5.91 Å². The van der Waals surface area contributed by atoms with Crippen LogP contribution in [0.4, 0.5) is 0 Å². The first-order valence-electron chi connectivity index (χ1n) is 22.8. The van der Waals surface area contributed by atoms with Gasteiger partial charge in [-0.2, -0.15) is 0 Å². The molecule has 0 aliphatic rings. The molecule has 0 fully saturated rings. The molecule has 0 heterocycles. The molecule has 0 saturated heterocycles. The Balaban J connectivity index is 3.45. The third kappa shape index (κ3) is 35.7. The van der Waals surface area contributed by atoms with Gasteiger partial charge in [0, 0.05) is 6.42 Å². The zero-order valence-corrected chi connectivity index (χ0v) is 34.1. The van der Waals surface area contributed by atoms with Gasteiger partial charge < -0.3 is 20.6 Å². The van der Waals surface area contributed by atoms with Crippen LogP contribution in [0.15, 0.2) is 0 Å². The van der Waals surface area contributed by atoms with Gasteiger partial charge in [0.05, 0.1) is 18.8 Å². The number of hydrogen-bond donors (Lipinski definition) is 4. The summed E-state index contributed by atoms with van der Waals surface area (Å²) >= 11 is 0. The highest BCUT2D eigenvalue weighted by Crippen LogP contribution is 2.17. The molecule has 5 nitrogen and oxygen atoms in total. The molecule has 0 saturated carbocycles. The average molecular weight is 710 g/mol. The van der Waals surface area contributed by atoms with Crippen molar-refractivity contribution in [2.45, 2.75) is 276 Å². The van der Waals surface area contributed by atoms with E-state index in [-0.39, 0.29) is 12.5 Å². The molecule has 4 N–H and O–H groups in total. The van der Waals surface area contributed by atoms with E-state index >= 15 is 0 Å². The Morgan fingerprint density at radius 3 is 0.960 bits per heavy atom.